The predicted molar refractivity (Wildman–Crippen MR) is 78.1 cm³/mol. The molecule has 1 aromatic rings. The van der Waals surface area contributed by atoms with Crippen molar-refractivity contribution in [2.24, 2.45) is 5.92 Å². The maximum absolute atomic E-state index is 10.8. The number of aliphatic hydroxyl groups is 1. The summed E-state index contributed by atoms with van der Waals surface area (Å²) in [5, 5.41) is 10.8. The molecule has 2 nitrogen and oxygen atoms in total. The number of hydrogen-bond acceptors (Lipinski definition) is 2. The Labute approximate surface area is 116 Å². The zero-order valence-corrected chi connectivity index (χ0v) is 12.0. The fourth-order valence-electron chi connectivity index (χ4n) is 3.56. The molecule has 3 rings (SSSR count). The lowest BCUT2D eigenvalue weighted by atomic mass is 9.97. The highest BCUT2D eigenvalue weighted by Gasteiger charge is 2.36. The van der Waals surface area contributed by atoms with Gasteiger partial charge in [-0.3, -0.25) is 4.90 Å². The largest absolute Gasteiger partial charge is 0.387 e. The van der Waals surface area contributed by atoms with Gasteiger partial charge in [0.2, 0.25) is 0 Å². The minimum Gasteiger partial charge on any atom is -0.387 e. The third-order valence-corrected chi connectivity index (χ3v) is 5.15. The molecule has 1 saturated carbocycles. The third kappa shape index (κ3) is 2.56. The van der Waals surface area contributed by atoms with Crippen molar-refractivity contribution in [1.29, 1.82) is 0 Å². The topological polar surface area (TPSA) is 23.5 Å². The van der Waals surface area contributed by atoms with E-state index in [4.69, 9.17) is 0 Å². The van der Waals surface area contributed by atoms with E-state index in [1.165, 1.54) is 24.8 Å². The summed E-state index contributed by atoms with van der Waals surface area (Å²) in [6, 6.07) is 9.29. The van der Waals surface area contributed by atoms with Crippen molar-refractivity contribution in [2.45, 2.75) is 57.2 Å². The lowest BCUT2D eigenvalue weighted by Crippen LogP contribution is -2.43. The van der Waals surface area contributed by atoms with Gasteiger partial charge in [0, 0.05) is 12.1 Å². The van der Waals surface area contributed by atoms with E-state index in [1.54, 1.807) is 0 Å². The first kappa shape index (κ1) is 13.1. The number of fused-ring (bicyclic) bond motifs is 1. The first-order chi connectivity index (χ1) is 9.18. The number of aryl methyl sites for hydroxylation is 1. The normalized spacial score (nSPS) is 28.8. The molecule has 19 heavy (non-hydrogen) atoms. The van der Waals surface area contributed by atoms with Crippen molar-refractivity contribution in [2.75, 3.05) is 7.05 Å². The highest BCUT2D eigenvalue weighted by molar-refractivity contribution is 5.31. The van der Waals surface area contributed by atoms with Gasteiger partial charge in [0.15, 0.2) is 0 Å². The molecule has 0 spiro atoms. The van der Waals surface area contributed by atoms with Crippen LogP contribution in [0.1, 0.15) is 49.8 Å². The molecule has 3 unspecified atom stereocenters. The van der Waals surface area contributed by atoms with Crippen LogP contribution in [0.25, 0.3) is 0 Å². The molecule has 104 valence electrons. The molecule has 2 aliphatic rings. The summed E-state index contributed by atoms with van der Waals surface area (Å²) in [6.07, 6.45) is 5.79. The number of likely N-dealkylation sites (N-methyl/N-ethyl adjacent to an activating group) is 1. The van der Waals surface area contributed by atoms with Gasteiger partial charge >= 0.3 is 0 Å². The van der Waals surface area contributed by atoms with Gasteiger partial charge in [0.1, 0.15) is 0 Å². The summed E-state index contributed by atoms with van der Waals surface area (Å²) < 4.78 is 0. The van der Waals surface area contributed by atoms with Gasteiger partial charge in [-0.05, 0) is 63.1 Å². The second kappa shape index (κ2) is 5.26. The second-order valence-electron chi connectivity index (χ2n) is 6.35. The number of benzene rings is 1. The van der Waals surface area contributed by atoms with Gasteiger partial charge in [0.25, 0.3) is 0 Å². The van der Waals surface area contributed by atoms with Crippen LogP contribution in [0.4, 0.5) is 0 Å². The van der Waals surface area contributed by atoms with Crippen LogP contribution in [-0.4, -0.2) is 29.1 Å². The summed E-state index contributed by atoms with van der Waals surface area (Å²) >= 11 is 0. The Balaban J connectivity index is 1.82. The molecule has 0 radical (unpaired) electrons. The molecular weight excluding hydrogens is 234 g/mol. The van der Waals surface area contributed by atoms with Crippen LogP contribution in [0.15, 0.2) is 24.3 Å². The summed E-state index contributed by atoms with van der Waals surface area (Å²) in [5.41, 5.74) is 2.49. The summed E-state index contributed by atoms with van der Waals surface area (Å²) in [5.74, 6) is 0.857. The van der Waals surface area contributed by atoms with E-state index in [0.717, 1.165) is 24.3 Å². The number of aliphatic hydroxyl groups excluding tert-OH is 1. The van der Waals surface area contributed by atoms with Crippen LogP contribution in [-0.2, 0) is 6.42 Å². The van der Waals surface area contributed by atoms with Crippen molar-refractivity contribution in [3.63, 3.8) is 0 Å². The van der Waals surface area contributed by atoms with Crippen LogP contribution < -0.4 is 0 Å². The van der Waals surface area contributed by atoms with E-state index in [2.05, 4.69) is 43.1 Å². The van der Waals surface area contributed by atoms with Gasteiger partial charge in [-0.15, -0.1) is 0 Å². The van der Waals surface area contributed by atoms with Crippen LogP contribution in [0.5, 0.6) is 0 Å². The Bertz CT molecular complexity index is 441. The quantitative estimate of drug-likeness (QED) is 0.843. The maximum atomic E-state index is 10.8. The molecule has 1 fully saturated rings. The molecule has 0 amide bonds. The van der Waals surface area contributed by atoms with Crippen molar-refractivity contribution >= 4 is 0 Å². The van der Waals surface area contributed by atoms with E-state index in [1.807, 2.05) is 0 Å². The number of nitrogens with zero attached hydrogens (tertiary/aromatic N) is 1. The molecule has 0 heterocycles. The third-order valence-electron chi connectivity index (χ3n) is 5.15. The molecule has 2 heteroatoms. The second-order valence-corrected chi connectivity index (χ2v) is 6.35. The van der Waals surface area contributed by atoms with E-state index in [-0.39, 0.29) is 12.1 Å². The van der Waals surface area contributed by atoms with Crippen molar-refractivity contribution < 1.29 is 5.11 Å². The van der Waals surface area contributed by atoms with E-state index in [0.29, 0.717) is 6.04 Å². The lowest BCUT2D eigenvalue weighted by molar-refractivity contribution is 0.0349. The summed E-state index contributed by atoms with van der Waals surface area (Å²) in [6.45, 7) is 2.32. The molecule has 2 aliphatic carbocycles. The van der Waals surface area contributed by atoms with E-state index >= 15 is 0 Å². The summed E-state index contributed by atoms with van der Waals surface area (Å²) in [4.78, 5) is 2.43. The first-order valence-corrected chi connectivity index (χ1v) is 7.66. The Morgan fingerprint density at radius 3 is 2.68 bits per heavy atom. The zero-order valence-electron chi connectivity index (χ0n) is 12.0. The molecule has 0 bridgehead atoms. The maximum Gasteiger partial charge on any atom is 0.0947 e. The van der Waals surface area contributed by atoms with Gasteiger partial charge in [-0.1, -0.05) is 24.3 Å². The predicted octanol–water partition coefficient (Wildman–Crippen LogP) is 3.16. The molecule has 0 saturated heterocycles. The molecule has 0 aliphatic heterocycles. The van der Waals surface area contributed by atoms with Gasteiger partial charge in [-0.2, -0.15) is 0 Å². The fourth-order valence-corrected chi connectivity index (χ4v) is 3.56. The standard InChI is InChI=1S/C17H25NO/c1-12(13-10-11-13)18(2)16-9-5-7-14-6-3-4-8-15(14)17(16)19/h3-4,6,8,12-13,16-17,19H,5,7,9-11H2,1-2H3. The lowest BCUT2D eigenvalue weighted by Gasteiger charge is -2.36. The van der Waals surface area contributed by atoms with E-state index in [9.17, 15) is 5.11 Å². The average Bonchev–Trinajstić information content (AvgIpc) is 3.26. The molecule has 3 atom stereocenters. The highest BCUT2D eigenvalue weighted by Crippen LogP contribution is 2.38. The first-order valence-electron chi connectivity index (χ1n) is 7.66. The van der Waals surface area contributed by atoms with Crippen LogP contribution in [0.2, 0.25) is 0 Å². The van der Waals surface area contributed by atoms with Gasteiger partial charge in [0.05, 0.1) is 6.10 Å². The summed E-state index contributed by atoms with van der Waals surface area (Å²) in [7, 11) is 2.20. The van der Waals surface area contributed by atoms with Crippen LogP contribution in [0.3, 0.4) is 0 Å². The molecule has 1 N–H and O–H groups in total. The fraction of sp³-hybridized carbons (Fsp3) is 0.647. The van der Waals surface area contributed by atoms with E-state index < -0.39 is 0 Å². The van der Waals surface area contributed by atoms with Crippen molar-refractivity contribution in [3.05, 3.63) is 35.4 Å². The molecular formula is C17H25NO. The number of rotatable bonds is 3. The Morgan fingerprint density at radius 1 is 1.21 bits per heavy atom. The Morgan fingerprint density at radius 2 is 1.95 bits per heavy atom. The minimum atomic E-state index is -0.329. The molecule has 0 aromatic heterocycles. The molecule has 1 aromatic carbocycles. The van der Waals surface area contributed by atoms with Crippen molar-refractivity contribution in [1.82, 2.24) is 4.90 Å². The average molecular weight is 259 g/mol. The SMILES string of the molecule is CC(C1CC1)N(C)C1CCCc2ccccc2C1O. The smallest absolute Gasteiger partial charge is 0.0947 e. The Kier molecular flexibility index (Phi) is 3.64. The Hall–Kier alpha value is -0.860. The minimum absolute atomic E-state index is 0.277. The van der Waals surface area contributed by atoms with Crippen molar-refractivity contribution in [3.8, 4) is 0 Å². The van der Waals surface area contributed by atoms with Crippen LogP contribution in [0, 0.1) is 5.92 Å². The monoisotopic (exact) mass is 259 g/mol. The van der Waals surface area contributed by atoms with Crippen LogP contribution >= 0.6 is 0 Å². The van der Waals surface area contributed by atoms with Gasteiger partial charge < -0.3 is 5.11 Å². The highest BCUT2D eigenvalue weighted by atomic mass is 16.3. The van der Waals surface area contributed by atoms with Gasteiger partial charge in [-0.25, -0.2) is 0 Å². The zero-order chi connectivity index (χ0) is 13.4. The number of hydrogen-bond donors (Lipinski definition) is 1.